The van der Waals surface area contributed by atoms with Crippen molar-refractivity contribution in [3.8, 4) is 0 Å². The van der Waals surface area contributed by atoms with Crippen LogP contribution < -0.4 is 0 Å². The average Bonchev–Trinajstić information content (AvgIpc) is 2.91. The van der Waals surface area contributed by atoms with Crippen molar-refractivity contribution in [1.29, 1.82) is 0 Å². The van der Waals surface area contributed by atoms with Crippen molar-refractivity contribution >= 4 is 5.97 Å². The lowest BCUT2D eigenvalue weighted by atomic mass is 10.0. The van der Waals surface area contributed by atoms with E-state index in [2.05, 4.69) is 6.92 Å². The molecular formula is C16H22O2. The third-order valence-corrected chi connectivity index (χ3v) is 3.85. The van der Waals surface area contributed by atoms with Gasteiger partial charge in [-0.05, 0) is 30.4 Å². The van der Waals surface area contributed by atoms with Crippen LogP contribution in [-0.2, 0) is 11.2 Å². The van der Waals surface area contributed by atoms with Crippen LogP contribution in [0.4, 0.5) is 0 Å². The zero-order valence-electron chi connectivity index (χ0n) is 11.2. The number of carbonyl (C=O) groups is 1. The number of hydrogen-bond acceptors (Lipinski definition) is 2. The van der Waals surface area contributed by atoms with Crippen molar-refractivity contribution in [1.82, 2.24) is 0 Å². The molecule has 2 heteroatoms. The van der Waals surface area contributed by atoms with Gasteiger partial charge in [-0.25, -0.2) is 4.79 Å². The van der Waals surface area contributed by atoms with E-state index in [1.54, 1.807) is 0 Å². The third-order valence-electron chi connectivity index (χ3n) is 3.85. The Hall–Kier alpha value is -1.31. The summed E-state index contributed by atoms with van der Waals surface area (Å²) in [6, 6.07) is 7.71. The van der Waals surface area contributed by atoms with Crippen molar-refractivity contribution in [2.45, 2.75) is 45.4 Å². The molecule has 0 bridgehead atoms. The molecule has 0 atom stereocenters. The summed E-state index contributed by atoms with van der Waals surface area (Å²) in [5.74, 6) is 0.615. The average molecular weight is 246 g/mol. The van der Waals surface area contributed by atoms with Crippen molar-refractivity contribution in [3.05, 3.63) is 35.4 Å². The number of ether oxygens (including phenoxy) is 1. The maximum Gasteiger partial charge on any atom is 0.338 e. The molecule has 1 fully saturated rings. The van der Waals surface area contributed by atoms with Gasteiger partial charge in [0, 0.05) is 0 Å². The molecule has 2 nitrogen and oxygen atoms in total. The van der Waals surface area contributed by atoms with Crippen LogP contribution in [0.15, 0.2) is 24.3 Å². The molecular weight excluding hydrogens is 224 g/mol. The molecule has 0 N–H and O–H groups in total. The van der Waals surface area contributed by atoms with Crippen molar-refractivity contribution in [3.63, 3.8) is 0 Å². The quantitative estimate of drug-likeness (QED) is 0.734. The summed E-state index contributed by atoms with van der Waals surface area (Å²) in [5.41, 5.74) is 1.80. The Kier molecular flexibility index (Phi) is 4.80. The first-order valence-electron chi connectivity index (χ1n) is 7.06. The molecule has 0 heterocycles. The highest BCUT2D eigenvalue weighted by molar-refractivity contribution is 5.91. The smallest absolute Gasteiger partial charge is 0.338 e. The molecule has 98 valence electrons. The first kappa shape index (κ1) is 13.1. The van der Waals surface area contributed by atoms with Crippen molar-refractivity contribution in [2.24, 2.45) is 5.92 Å². The van der Waals surface area contributed by atoms with Gasteiger partial charge in [-0.2, -0.15) is 0 Å². The van der Waals surface area contributed by atoms with Gasteiger partial charge in [-0.1, -0.05) is 50.8 Å². The van der Waals surface area contributed by atoms with Gasteiger partial charge in [0.25, 0.3) is 0 Å². The maximum atomic E-state index is 12.0. The molecule has 0 aromatic heterocycles. The van der Waals surface area contributed by atoms with E-state index in [-0.39, 0.29) is 5.97 Å². The molecule has 0 saturated heterocycles. The van der Waals surface area contributed by atoms with E-state index in [9.17, 15) is 4.79 Å². The molecule has 1 saturated carbocycles. The van der Waals surface area contributed by atoms with Crippen molar-refractivity contribution in [2.75, 3.05) is 6.61 Å². The molecule has 1 aromatic rings. The van der Waals surface area contributed by atoms with Gasteiger partial charge in [0.1, 0.15) is 0 Å². The van der Waals surface area contributed by atoms with Gasteiger partial charge in [-0.3, -0.25) is 0 Å². The molecule has 18 heavy (non-hydrogen) atoms. The van der Waals surface area contributed by atoms with Crippen LogP contribution >= 0.6 is 0 Å². The Labute approximate surface area is 109 Å². The van der Waals surface area contributed by atoms with Crippen molar-refractivity contribution < 1.29 is 9.53 Å². The summed E-state index contributed by atoms with van der Waals surface area (Å²) in [7, 11) is 0. The number of benzene rings is 1. The Morgan fingerprint density at radius 1 is 1.28 bits per heavy atom. The molecule has 0 aliphatic heterocycles. The SMILES string of the molecule is CCc1ccccc1C(=O)OCCC1CCCC1. The molecule has 0 unspecified atom stereocenters. The molecule has 1 aliphatic rings. The van der Waals surface area contributed by atoms with Crippen LogP contribution in [0.1, 0.15) is 54.9 Å². The highest BCUT2D eigenvalue weighted by atomic mass is 16.5. The topological polar surface area (TPSA) is 26.3 Å². The van der Waals surface area contributed by atoms with E-state index in [1.807, 2.05) is 24.3 Å². The Bertz CT molecular complexity index is 392. The van der Waals surface area contributed by atoms with E-state index in [4.69, 9.17) is 4.74 Å². The van der Waals surface area contributed by atoms with Crippen LogP contribution in [-0.4, -0.2) is 12.6 Å². The Balaban J connectivity index is 1.83. The lowest BCUT2D eigenvalue weighted by Gasteiger charge is -2.11. The fourth-order valence-electron chi connectivity index (χ4n) is 2.72. The normalized spacial score (nSPS) is 15.8. The third kappa shape index (κ3) is 3.34. The number of aryl methyl sites for hydroxylation is 1. The summed E-state index contributed by atoms with van der Waals surface area (Å²) in [4.78, 5) is 12.0. The van der Waals surface area contributed by atoms with Gasteiger partial charge < -0.3 is 4.74 Å². The summed E-state index contributed by atoms with van der Waals surface area (Å²) in [5, 5.41) is 0. The van der Waals surface area contributed by atoms with Crippen LogP contribution in [0.25, 0.3) is 0 Å². The number of esters is 1. The van der Waals surface area contributed by atoms with Crippen LogP contribution in [0.2, 0.25) is 0 Å². The van der Waals surface area contributed by atoms with Gasteiger partial charge in [0.2, 0.25) is 0 Å². The fraction of sp³-hybridized carbons (Fsp3) is 0.562. The predicted octanol–water partition coefficient (Wildman–Crippen LogP) is 3.99. The van der Waals surface area contributed by atoms with Gasteiger partial charge in [0.05, 0.1) is 12.2 Å². The number of rotatable bonds is 5. The highest BCUT2D eigenvalue weighted by Crippen LogP contribution is 2.27. The van der Waals surface area contributed by atoms with Crippen LogP contribution in [0, 0.1) is 5.92 Å². The molecule has 1 aromatic carbocycles. The van der Waals surface area contributed by atoms with Crippen LogP contribution in [0.5, 0.6) is 0 Å². The van der Waals surface area contributed by atoms with E-state index in [1.165, 1.54) is 25.7 Å². The summed E-state index contributed by atoms with van der Waals surface area (Å²) < 4.78 is 5.39. The second-order valence-electron chi connectivity index (χ2n) is 5.09. The first-order valence-corrected chi connectivity index (χ1v) is 7.06. The van der Waals surface area contributed by atoms with Gasteiger partial charge in [0.15, 0.2) is 0 Å². The molecule has 0 spiro atoms. The van der Waals surface area contributed by atoms with E-state index < -0.39 is 0 Å². The highest BCUT2D eigenvalue weighted by Gasteiger charge is 2.16. The van der Waals surface area contributed by atoms with E-state index in [0.29, 0.717) is 6.61 Å². The summed E-state index contributed by atoms with van der Waals surface area (Å²) >= 11 is 0. The maximum absolute atomic E-state index is 12.0. The lowest BCUT2D eigenvalue weighted by molar-refractivity contribution is 0.0482. The molecule has 1 aliphatic carbocycles. The summed E-state index contributed by atoms with van der Waals surface area (Å²) in [6.45, 7) is 2.63. The van der Waals surface area contributed by atoms with E-state index >= 15 is 0 Å². The predicted molar refractivity (Wildman–Crippen MR) is 72.7 cm³/mol. The minimum absolute atomic E-state index is 0.162. The molecule has 2 rings (SSSR count). The first-order chi connectivity index (χ1) is 8.81. The second kappa shape index (κ2) is 6.58. The number of carbonyl (C=O) groups excluding carboxylic acids is 1. The van der Waals surface area contributed by atoms with E-state index in [0.717, 1.165) is 29.9 Å². The second-order valence-corrected chi connectivity index (χ2v) is 5.09. The lowest BCUT2D eigenvalue weighted by Crippen LogP contribution is -2.11. The molecule has 0 amide bonds. The van der Waals surface area contributed by atoms with Gasteiger partial charge in [-0.15, -0.1) is 0 Å². The monoisotopic (exact) mass is 246 g/mol. The minimum Gasteiger partial charge on any atom is -0.462 e. The summed E-state index contributed by atoms with van der Waals surface area (Å²) in [6.07, 6.45) is 7.20. The zero-order chi connectivity index (χ0) is 12.8. The van der Waals surface area contributed by atoms with Gasteiger partial charge >= 0.3 is 5.97 Å². The number of hydrogen-bond donors (Lipinski definition) is 0. The fourth-order valence-corrected chi connectivity index (χ4v) is 2.72. The van der Waals surface area contributed by atoms with Crippen LogP contribution in [0.3, 0.4) is 0 Å². The Morgan fingerprint density at radius 2 is 2.00 bits per heavy atom. The molecule has 0 radical (unpaired) electrons. The Morgan fingerprint density at radius 3 is 2.72 bits per heavy atom. The minimum atomic E-state index is -0.162. The largest absolute Gasteiger partial charge is 0.462 e. The standard InChI is InChI=1S/C16H22O2/c1-2-14-9-5-6-10-15(14)16(17)18-12-11-13-7-3-4-8-13/h5-6,9-10,13H,2-4,7-8,11-12H2,1H3. The zero-order valence-corrected chi connectivity index (χ0v) is 11.2.